The Morgan fingerprint density at radius 1 is 1.03 bits per heavy atom. The van der Waals surface area contributed by atoms with Crippen LogP contribution in [0.15, 0.2) is 66.7 Å². The van der Waals surface area contributed by atoms with Crippen LogP contribution in [-0.4, -0.2) is 33.1 Å². The third-order valence-electron chi connectivity index (χ3n) is 5.17. The molecule has 1 atom stereocenters. The monoisotopic (exact) mass is 447 g/mol. The summed E-state index contributed by atoms with van der Waals surface area (Å²) in [7, 11) is 0. The van der Waals surface area contributed by atoms with Gasteiger partial charge in [-0.1, -0.05) is 56.3 Å². The second-order valence-corrected chi connectivity index (χ2v) is 8.13. The number of benzene rings is 2. The average molecular weight is 448 g/mol. The lowest BCUT2D eigenvalue weighted by Crippen LogP contribution is -2.14. The fourth-order valence-corrected chi connectivity index (χ4v) is 3.56. The molecule has 1 aromatic heterocycles. The third-order valence-corrected chi connectivity index (χ3v) is 5.17. The van der Waals surface area contributed by atoms with Gasteiger partial charge in [-0.15, -0.1) is 0 Å². The lowest BCUT2D eigenvalue weighted by Gasteiger charge is -2.17. The van der Waals surface area contributed by atoms with Gasteiger partial charge in [-0.2, -0.15) is 0 Å². The molecule has 0 saturated heterocycles. The lowest BCUT2D eigenvalue weighted by molar-refractivity contribution is -0.140. The Hall–Kier alpha value is -3.64. The first kappa shape index (κ1) is 24.0. The topological polar surface area (TPSA) is 87.5 Å². The molecule has 1 heterocycles. The van der Waals surface area contributed by atoms with Crippen molar-refractivity contribution in [1.29, 1.82) is 0 Å². The van der Waals surface area contributed by atoms with Crippen molar-refractivity contribution >= 4 is 17.8 Å². The molecule has 5 nitrogen and oxygen atoms in total. The maximum atomic E-state index is 13.6. The Kier molecular flexibility index (Phi) is 7.85. The van der Waals surface area contributed by atoms with E-state index in [1.54, 1.807) is 18.2 Å². The average Bonchev–Trinajstić information content (AvgIpc) is 2.77. The summed E-state index contributed by atoms with van der Waals surface area (Å²) in [6.45, 7) is 4.09. The summed E-state index contributed by atoms with van der Waals surface area (Å²) in [6.07, 6.45) is 1.12. The van der Waals surface area contributed by atoms with E-state index in [4.69, 9.17) is 10.1 Å². The summed E-state index contributed by atoms with van der Waals surface area (Å²) < 4.78 is 13.6. The van der Waals surface area contributed by atoms with E-state index in [-0.39, 0.29) is 18.2 Å². The number of aliphatic hydroxyl groups excluding tert-OH is 1. The first-order chi connectivity index (χ1) is 15.7. The maximum absolute atomic E-state index is 13.6. The molecule has 0 saturated carbocycles. The molecule has 33 heavy (non-hydrogen) atoms. The standard InChI is InChI=1S/C27H26FNO4/c1-17(2)24-16-25(18-6-4-3-5-7-18)29-27(19-8-10-20(28)11-9-19)23(24)13-12-21(30)14-22(31)15-26(32)33/h3-13,16-17,21,30H,14-15H2,1-2H3,(H,32,33). The van der Waals surface area contributed by atoms with Crippen LogP contribution < -0.4 is 0 Å². The van der Waals surface area contributed by atoms with Gasteiger partial charge in [-0.05, 0) is 41.8 Å². The quantitative estimate of drug-likeness (QED) is 0.424. The van der Waals surface area contributed by atoms with E-state index in [0.717, 1.165) is 22.4 Å². The van der Waals surface area contributed by atoms with Crippen molar-refractivity contribution in [3.63, 3.8) is 0 Å². The van der Waals surface area contributed by atoms with Gasteiger partial charge in [-0.25, -0.2) is 9.37 Å². The number of carboxylic acid groups (broad SMARTS) is 1. The van der Waals surface area contributed by atoms with Crippen molar-refractivity contribution in [3.8, 4) is 22.5 Å². The predicted octanol–water partition coefficient (Wildman–Crippen LogP) is 5.49. The molecule has 0 amide bonds. The minimum absolute atomic E-state index is 0.111. The minimum atomic E-state index is -1.22. The van der Waals surface area contributed by atoms with Gasteiger partial charge in [-0.3, -0.25) is 9.59 Å². The van der Waals surface area contributed by atoms with Crippen LogP contribution in [0.25, 0.3) is 28.6 Å². The zero-order valence-electron chi connectivity index (χ0n) is 18.5. The number of carboxylic acids is 1. The van der Waals surface area contributed by atoms with Crippen LogP contribution in [-0.2, 0) is 9.59 Å². The summed E-state index contributed by atoms with van der Waals surface area (Å²) in [5.41, 5.74) is 4.78. The Bertz CT molecular complexity index is 1150. The number of pyridine rings is 1. The van der Waals surface area contributed by atoms with Gasteiger partial charge in [0.15, 0.2) is 0 Å². The smallest absolute Gasteiger partial charge is 0.310 e. The summed E-state index contributed by atoms with van der Waals surface area (Å²) in [5, 5.41) is 19.0. The molecule has 3 aromatic rings. The number of carbonyl (C=O) groups excluding carboxylic acids is 1. The highest BCUT2D eigenvalue weighted by molar-refractivity contribution is 5.95. The predicted molar refractivity (Wildman–Crippen MR) is 126 cm³/mol. The van der Waals surface area contributed by atoms with Crippen LogP contribution in [0.5, 0.6) is 0 Å². The van der Waals surface area contributed by atoms with E-state index in [2.05, 4.69) is 0 Å². The number of ketones is 1. The van der Waals surface area contributed by atoms with E-state index in [0.29, 0.717) is 11.3 Å². The maximum Gasteiger partial charge on any atom is 0.310 e. The Balaban J connectivity index is 2.09. The number of aliphatic carboxylic acids is 1. The van der Waals surface area contributed by atoms with E-state index in [1.807, 2.05) is 50.2 Å². The number of aromatic nitrogens is 1. The SMILES string of the molecule is CC(C)c1cc(-c2ccccc2)nc(-c2ccc(F)cc2)c1C=CC(O)CC(=O)CC(=O)O. The first-order valence-corrected chi connectivity index (χ1v) is 10.7. The van der Waals surface area contributed by atoms with E-state index in [9.17, 15) is 19.1 Å². The number of aliphatic hydroxyl groups is 1. The molecular weight excluding hydrogens is 421 g/mol. The number of halogens is 1. The molecule has 3 rings (SSSR count). The molecule has 0 spiro atoms. The zero-order valence-corrected chi connectivity index (χ0v) is 18.5. The van der Waals surface area contributed by atoms with Gasteiger partial charge >= 0.3 is 5.97 Å². The second kappa shape index (κ2) is 10.8. The van der Waals surface area contributed by atoms with Gasteiger partial charge in [0.1, 0.15) is 18.0 Å². The van der Waals surface area contributed by atoms with Crippen LogP contribution >= 0.6 is 0 Å². The summed E-state index contributed by atoms with van der Waals surface area (Å²) in [4.78, 5) is 27.3. The normalized spacial score (nSPS) is 12.3. The van der Waals surface area contributed by atoms with Gasteiger partial charge in [0.05, 0.1) is 17.5 Å². The molecular formula is C27H26FNO4. The molecule has 2 aromatic carbocycles. The molecule has 1 unspecified atom stereocenters. The Morgan fingerprint density at radius 3 is 2.30 bits per heavy atom. The molecule has 0 radical (unpaired) electrons. The summed E-state index contributed by atoms with van der Waals surface area (Å²) in [6, 6.07) is 17.8. The van der Waals surface area contributed by atoms with E-state index < -0.39 is 24.3 Å². The summed E-state index contributed by atoms with van der Waals surface area (Å²) >= 11 is 0. The van der Waals surface area contributed by atoms with Crippen LogP contribution in [0.3, 0.4) is 0 Å². The van der Waals surface area contributed by atoms with Gasteiger partial charge in [0.25, 0.3) is 0 Å². The number of nitrogens with zero attached hydrogens (tertiary/aromatic N) is 1. The largest absolute Gasteiger partial charge is 0.481 e. The van der Waals surface area contributed by atoms with Gasteiger partial charge < -0.3 is 10.2 Å². The highest BCUT2D eigenvalue weighted by atomic mass is 19.1. The van der Waals surface area contributed by atoms with Crippen LogP contribution in [0.2, 0.25) is 0 Å². The minimum Gasteiger partial charge on any atom is -0.481 e. The molecule has 6 heteroatoms. The molecule has 0 bridgehead atoms. The fraction of sp³-hybridized carbons (Fsp3) is 0.222. The van der Waals surface area contributed by atoms with Gasteiger partial charge in [0.2, 0.25) is 0 Å². The van der Waals surface area contributed by atoms with E-state index >= 15 is 0 Å². The lowest BCUT2D eigenvalue weighted by atomic mass is 9.91. The number of hydrogen-bond donors (Lipinski definition) is 2. The fourth-order valence-electron chi connectivity index (χ4n) is 3.56. The molecule has 2 N–H and O–H groups in total. The van der Waals surface area contributed by atoms with Crippen LogP contribution in [0, 0.1) is 5.82 Å². The Morgan fingerprint density at radius 2 is 1.70 bits per heavy atom. The number of Topliss-reactive ketones (excluding diaryl/α,β-unsaturated/α-hetero) is 1. The van der Waals surface area contributed by atoms with Crippen molar-refractivity contribution in [2.45, 2.75) is 38.7 Å². The zero-order chi connectivity index (χ0) is 24.0. The van der Waals surface area contributed by atoms with Crippen molar-refractivity contribution in [2.24, 2.45) is 0 Å². The molecule has 170 valence electrons. The number of hydrogen-bond acceptors (Lipinski definition) is 4. The molecule has 0 aliphatic rings. The first-order valence-electron chi connectivity index (χ1n) is 10.7. The van der Waals surface area contributed by atoms with Crippen LogP contribution in [0.4, 0.5) is 4.39 Å². The second-order valence-electron chi connectivity index (χ2n) is 8.13. The summed E-state index contributed by atoms with van der Waals surface area (Å²) in [5.74, 6) is -2.02. The van der Waals surface area contributed by atoms with Crippen molar-refractivity contribution in [1.82, 2.24) is 4.98 Å². The van der Waals surface area contributed by atoms with E-state index in [1.165, 1.54) is 18.2 Å². The van der Waals surface area contributed by atoms with Gasteiger partial charge in [0, 0.05) is 23.1 Å². The number of carbonyl (C=O) groups is 2. The molecule has 0 aliphatic heterocycles. The Labute approximate surface area is 192 Å². The van der Waals surface area contributed by atoms with Crippen LogP contribution in [0.1, 0.15) is 43.7 Å². The highest BCUT2D eigenvalue weighted by Crippen LogP contribution is 2.34. The molecule has 0 aliphatic carbocycles. The van der Waals surface area contributed by atoms with Crippen molar-refractivity contribution in [2.75, 3.05) is 0 Å². The highest BCUT2D eigenvalue weighted by Gasteiger charge is 2.17. The van der Waals surface area contributed by atoms with Crippen molar-refractivity contribution < 1.29 is 24.2 Å². The van der Waals surface area contributed by atoms with Crippen molar-refractivity contribution in [3.05, 3.63) is 83.7 Å². The molecule has 0 fully saturated rings. The third kappa shape index (κ3) is 6.43. The number of rotatable bonds is 9.